The predicted octanol–water partition coefficient (Wildman–Crippen LogP) is 5.23. The highest BCUT2D eigenvalue weighted by molar-refractivity contribution is 6.30. The molecule has 0 saturated heterocycles. The first kappa shape index (κ1) is 17.5. The number of non-ortho nitro benzene ring substituents is 1. The number of benzene rings is 3. The number of nitro benzene ring substituents is 1. The van der Waals surface area contributed by atoms with E-state index in [1.165, 1.54) is 12.1 Å². The zero-order valence-electron chi connectivity index (χ0n) is 14.6. The fourth-order valence-corrected chi connectivity index (χ4v) is 3.72. The van der Waals surface area contributed by atoms with E-state index >= 15 is 0 Å². The second-order valence-corrected chi connectivity index (χ2v) is 7.21. The lowest BCUT2D eigenvalue weighted by Gasteiger charge is -2.43. The van der Waals surface area contributed by atoms with E-state index in [0.29, 0.717) is 5.02 Å². The molecule has 0 radical (unpaired) electrons. The summed E-state index contributed by atoms with van der Waals surface area (Å²) in [6.45, 7) is 2.03. The summed E-state index contributed by atoms with van der Waals surface area (Å²) >= 11 is 6.25. The van der Waals surface area contributed by atoms with Crippen LogP contribution < -0.4 is 10.6 Å². The number of halogens is 1. The third-order valence-corrected chi connectivity index (χ3v) is 5.17. The third kappa shape index (κ3) is 3.27. The van der Waals surface area contributed by atoms with Crippen LogP contribution in [0.2, 0.25) is 5.02 Å². The molecule has 4 rings (SSSR count). The molecule has 2 atom stereocenters. The van der Waals surface area contributed by atoms with Crippen molar-refractivity contribution in [1.29, 1.82) is 0 Å². The molecule has 0 fully saturated rings. The van der Waals surface area contributed by atoms with Crippen LogP contribution in [-0.2, 0) is 5.66 Å². The molecule has 6 heteroatoms. The van der Waals surface area contributed by atoms with Crippen molar-refractivity contribution < 1.29 is 4.92 Å². The fourth-order valence-electron chi connectivity index (χ4n) is 3.54. The molecule has 0 bridgehead atoms. The lowest BCUT2D eigenvalue weighted by molar-refractivity contribution is -0.384. The van der Waals surface area contributed by atoms with Gasteiger partial charge in [-0.3, -0.25) is 15.4 Å². The van der Waals surface area contributed by atoms with Crippen LogP contribution in [0, 0.1) is 10.1 Å². The SMILES string of the molecule is C[C@]1(c2ccc([N+](=O)[O-])cc2)Nc2ccc(Cl)cc2[C@@H](c2ccccc2)N1. The minimum absolute atomic E-state index is 0.0682. The Kier molecular flexibility index (Phi) is 4.34. The van der Waals surface area contributed by atoms with Crippen molar-refractivity contribution in [3.05, 3.63) is 105 Å². The molecule has 27 heavy (non-hydrogen) atoms. The van der Waals surface area contributed by atoms with Crippen LogP contribution in [0.15, 0.2) is 72.8 Å². The molecular weight excluding hydrogens is 362 g/mol. The van der Waals surface area contributed by atoms with Gasteiger partial charge >= 0.3 is 0 Å². The van der Waals surface area contributed by atoms with E-state index in [2.05, 4.69) is 22.8 Å². The monoisotopic (exact) mass is 379 g/mol. The smallest absolute Gasteiger partial charge is 0.269 e. The van der Waals surface area contributed by atoms with Crippen molar-refractivity contribution in [2.24, 2.45) is 0 Å². The molecule has 5 nitrogen and oxygen atoms in total. The van der Waals surface area contributed by atoms with Crippen molar-refractivity contribution in [3.8, 4) is 0 Å². The number of fused-ring (bicyclic) bond motifs is 1. The molecule has 0 amide bonds. The first-order valence-corrected chi connectivity index (χ1v) is 8.99. The Hall–Kier alpha value is -2.89. The molecule has 0 unspecified atom stereocenters. The molecule has 3 aromatic carbocycles. The number of anilines is 1. The molecule has 136 valence electrons. The normalized spacial score (nSPS) is 21.2. The minimum Gasteiger partial charge on any atom is -0.363 e. The first-order chi connectivity index (χ1) is 13.0. The highest BCUT2D eigenvalue weighted by Gasteiger charge is 2.36. The molecule has 1 aliphatic heterocycles. The van der Waals surface area contributed by atoms with Gasteiger partial charge in [-0.15, -0.1) is 0 Å². The first-order valence-electron chi connectivity index (χ1n) is 8.61. The van der Waals surface area contributed by atoms with Crippen LogP contribution in [-0.4, -0.2) is 4.92 Å². The zero-order chi connectivity index (χ0) is 19.0. The highest BCUT2D eigenvalue weighted by Crippen LogP contribution is 2.40. The third-order valence-electron chi connectivity index (χ3n) is 4.93. The van der Waals surface area contributed by atoms with Gasteiger partial charge in [0.05, 0.1) is 11.0 Å². The minimum atomic E-state index is -0.601. The van der Waals surface area contributed by atoms with E-state index in [1.54, 1.807) is 12.1 Å². The maximum Gasteiger partial charge on any atom is 0.269 e. The summed E-state index contributed by atoms with van der Waals surface area (Å²) in [5.74, 6) is 0. The van der Waals surface area contributed by atoms with E-state index in [1.807, 2.05) is 43.3 Å². The summed E-state index contributed by atoms with van der Waals surface area (Å²) in [7, 11) is 0. The highest BCUT2D eigenvalue weighted by atomic mass is 35.5. The van der Waals surface area contributed by atoms with Gasteiger partial charge < -0.3 is 5.32 Å². The van der Waals surface area contributed by atoms with E-state index < -0.39 is 10.6 Å². The van der Waals surface area contributed by atoms with Crippen molar-refractivity contribution >= 4 is 23.0 Å². The van der Waals surface area contributed by atoms with E-state index in [9.17, 15) is 10.1 Å². The number of nitro groups is 1. The van der Waals surface area contributed by atoms with Gasteiger partial charge in [-0.05, 0) is 53.9 Å². The van der Waals surface area contributed by atoms with Crippen molar-refractivity contribution in [1.82, 2.24) is 5.32 Å². The van der Waals surface area contributed by atoms with Gasteiger partial charge in [-0.2, -0.15) is 0 Å². The maximum absolute atomic E-state index is 11.0. The summed E-state index contributed by atoms with van der Waals surface area (Å²) in [6, 6.07) is 22.5. The summed E-state index contributed by atoms with van der Waals surface area (Å²) in [5.41, 5.74) is 3.55. The average Bonchev–Trinajstić information content (AvgIpc) is 2.68. The van der Waals surface area contributed by atoms with Gasteiger partial charge in [0, 0.05) is 22.8 Å². The largest absolute Gasteiger partial charge is 0.363 e. The van der Waals surface area contributed by atoms with E-state index in [4.69, 9.17) is 11.6 Å². The molecule has 0 aliphatic carbocycles. The molecule has 2 N–H and O–H groups in total. The van der Waals surface area contributed by atoms with Gasteiger partial charge in [0.15, 0.2) is 0 Å². The Balaban J connectivity index is 1.80. The van der Waals surface area contributed by atoms with E-state index in [0.717, 1.165) is 22.4 Å². The number of hydrogen-bond acceptors (Lipinski definition) is 4. The Morgan fingerprint density at radius 1 is 1.04 bits per heavy atom. The van der Waals surface area contributed by atoms with Gasteiger partial charge in [-0.1, -0.05) is 41.9 Å². The van der Waals surface area contributed by atoms with Crippen LogP contribution in [0.1, 0.15) is 29.7 Å². The maximum atomic E-state index is 11.0. The lowest BCUT2D eigenvalue weighted by Crippen LogP contribution is -2.51. The predicted molar refractivity (Wildman–Crippen MR) is 107 cm³/mol. The number of nitrogens with one attached hydrogen (secondary N) is 2. The Morgan fingerprint density at radius 2 is 1.74 bits per heavy atom. The summed E-state index contributed by atoms with van der Waals surface area (Å²) in [5, 5.41) is 18.8. The van der Waals surface area contributed by atoms with Gasteiger partial charge in [0.2, 0.25) is 0 Å². The standard InChI is InChI=1S/C21H18ClN3O2/c1-21(15-7-10-17(11-8-15)25(26)27)23-19-12-9-16(22)13-18(19)20(24-21)14-5-3-2-4-6-14/h2-13,20,23-24H,1H3/t20-,21+/m1/s1. The average molecular weight is 380 g/mol. The second-order valence-electron chi connectivity index (χ2n) is 6.77. The Labute approximate surface area is 162 Å². The van der Waals surface area contributed by atoms with Gasteiger partial charge in [-0.25, -0.2) is 0 Å². The van der Waals surface area contributed by atoms with Crippen LogP contribution in [0.3, 0.4) is 0 Å². The zero-order valence-corrected chi connectivity index (χ0v) is 15.4. The molecule has 0 spiro atoms. The number of hydrogen-bond donors (Lipinski definition) is 2. The van der Waals surface area contributed by atoms with Gasteiger partial charge in [0.25, 0.3) is 5.69 Å². The number of rotatable bonds is 3. The van der Waals surface area contributed by atoms with Crippen molar-refractivity contribution in [3.63, 3.8) is 0 Å². The topological polar surface area (TPSA) is 67.2 Å². The molecular formula is C21H18ClN3O2. The van der Waals surface area contributed by atoms with E-state index in [-0.39, 0.29) is 11.7 Å². The molecule has 3 aromatic rings. The molecule has 0 aromatic heterocycles. The second kappa shape index (κ2) is 6.68. The molecule has 1 aliphatic rings. The Morgan fingerprint density at radius 3 is 2.41 bits per heavy atom. The summed E-state index contributed by atoms with van der Waals surface area (Å²) < 4.78 is 0. The lowest BCUT2D eigenvalue weighted by atomic mass is 9.89. The van der Waals surface area contributed by atoms with Gasteiger partial charge in [0.1, 0.15) is 5.66 Å². The molecule has 1 heterocycles. The Bertz CT molecular complexity index is 992. The summed E-state index contributed by atoms with van der Waals surface area (Å²) in [4.78, 5) is 10.6. The summed E-state index contributed by atoms with van der Waals surface area (Å²) in [6.07, 6.45) is 0. The van der Waals surface area contributed by atoms with Crippen LogP contribution in [0.4, 0.5) is 11.4 Å². The number of nitrogens with zero attached hydrogens (tertiary/aromatic N) is 1. The quantitative estimate of drug-likeness (QED) is 0.483. The molecule has 0 saturated carbocycles. The van der Waals surface area contributed by atoms with Crippen LogP contribution >= 0.6 is 11.6 Å². The van der Waals surface area contributed by atoms with Crippen LogP contribution in [0.5, 0.6) is 0 Å². The van der Waals surface area contributed by atoms with Crippen LogP contribution in [0.25, 0.3) is 0 Å². The van der Waals surface area contributed by atoms with Crippen molar-refractivity contribution in [2.45, 2.75) is 18.6 Å². The van der Waals surface area contributed by atoms with Crippen molar-refractivity contribution in [2.75, 3.05) is 5.32 Å². The fraction of sp³-hybridized carbons (Fsp3) is 0.143.